The first-order valence-electron chi connectivity index (χ1n) is 8.55. The Balaban J connectivity index is 2.21. The number of hydrogen-bond acceptors (Lipinski definition) is 3. The Morgan fingerprint density at radius 2 is 1.62 bits per heavy atom. The van der Waals surface area contributed by atoms with E-state index in [1.54, 1.807) is 0 Å². The van der Waals surface area contributed by atoms with Crippen LogP contribution in [0, 0.1) is 0 Å². The lowest BCUT2D eigenvalue weighted by atomic mass is 10.1. The average molecular weight is 291 g/mol. The normalized spacial score (nSPS) is 11.0. The van der Waals surface area contributed by atoms with E-state index in [-0.39, 0.29) is 0 Å². The summed E-state index contributed by atoms with van der Waals surface area (Å²) in [7, 11) is 0. The first kappa shape index (κ1) is 18.0. The first-order valence-corrected chi connectivity index (χ1v) is 8.55. The summed E-state index contributed by atoms with van der Waals surface area (Å²) in [5.74, 6) is 0. The van der Waals surface area contributed by atoms with Gasteiger partial charge in [-0.1, -0.05) is 38.8 Å². The molecule has 0 amide bonds. The van der Waals surface area contributed by atoms with Gasteiger partial charge in [-0.2, -0.15) is 0 Å². The molecule has 0 aromatic heterocycles. The van der Waals surface area contributed by atoms with Crippen LogP contribution in [0.3, 0.4) is 0 Å². The fourth-order valence-corrected chi connectivity index (χ4v) is 2.47. The minimum absolute atomic E-state index is 0.822. The van der Waals surface area contributed by atoms with Gasteiger partial charge in [0, 0.05) is 18.8 Å². The predicted octanol–water partition coefficient (Wildman–Crippen LogP) is 3.50. The van der Waals surface area contributed by atoms with Crippen LogP contribution in [0.5, 0.6) is 0 Å². The molecule has 0 fully saturated rings. The molecule has 1 aromatic rings. The van der Waals surface area contributed by atoms with Crippen LogP contribution in [-0.2, 0) is 6.42 Å². The van der Waals surface area contributed by atoms with Crippen molar-refractivity contribution in [2.24, 2.45) is 5.73 Å². The third-order valence-corrected chi connectivity index (χ3v) is 4.03. The van der Waals surface area contributed by atoms with Gasteiger partial charge in [0.1, 0.15) is 0 Å². The number of nitrogens with zero attached hydrogens (tertiary/aromatic N) is 1. The molecule has 1 rings (SSSR count). The van der Waals surface area contributed by atoms with Gasteiger partial charge >= 0.3 is 0 Å². The second-order valence-electron chi connectivity index (χ2n) is 5.60. The van der Waals surface area contributed by atoms with Crippen LogP contribution in [0.15, 0.2) is 24.3 Å². The summed E-state index contributed by atoms with van der Waals surface area (Å²) in [5, 5.41) is 3.49. The summed E-state index contributed by atoms with van der Waals surface area (Å²) < 4.78 is 0. The van der Waals surface area contributed by atoms with Crippen LogP contribution in [0.1, 0.15) is 45.1 Å². The number of hydrogen-bond donors (Lipinski definition) is 2. The van der Waals surface area contributed by atoms with Crippen LogP contribution in [0.4, 0.5) is 5.69 Å². The third kappa shape index (κ3) is 8.08. The van der Waals surface area contributed by atoms with Gasteiger partial charge in [-0.15, -0.1) is 0 Å². The van der Waals surface area contributed by atoms with Crippen molar-refractivity contribution in [1.29, 1.82) is 0 Å². The van der Waals surface area contributed by atoms with Crippen molar-refractivity contribution in [3.8, 4) is 0 Å². The van der Waals surface area contributed by atoms with Crippen molar-refractivity contribution >= 4 is 5.69 Å². The Morgan fingerprint density at radius 1 is 0.952 bits per heavy atom. The third-order valence-electron chi connectivity index (χ3n) is 4.03. The maximum Gasteiger partial charge on any atom is 0.0340 e. The van der Waals surface area contributed by atoms with Crippen molar-refractivity contribution in [3.63, 3.8) is 0 Å². The maximum atomic E-state index is 5.49. The molecular formula is C18H33N3. The summed E-state index contributed by atoms with van der Waals surface area (Å²) in [6.07, 6.45) is 6.04. The number of anilines is 1. The van der Waals surface area contributed by atoms with E-state index < -0.39 is 0 Å². The van der Waals surface area contributed by atoms with Gasteiger partial charge in [0.2, 0.25) is 0 Å². The van der Waals surface area contributed by atoms with Gasteiger partial charge < -0.3 is 16.0 Å². The molecule has 0 bridgehead atoms. The highest BCUT2D eigenvalue weighted by Crippen LogP contribution is 2.11. The number of likely N-dealkylation sites (N-methyl/N-ethyl adjacent to an activating group) is 1. The number of nitrogens with two attached hydrogens (primary N) is 1. The summed E-state index contributed by atoms with van der Waals surface area (Å²) >= 11 is 0. The Kier molecular flexibility index (Phi) is 9.92. The van der Waals surface area contributed by atoms with E-state index in [1.807, 2.05) is 0 Å². The molecule has 0 radical (unpaired) electrons. The average Bonchev–Trinajstić information content (AvgIpc) is 2.53. The molecule has 0 atom stereocenters. The fraction of sp³-hybridized carbons (Fsp3) is 0.667. The topological polar surface area (TPSA) is 41.3 Å². The molecule has 0 spiro atoms. The molecule has 0 heterocycles. The molecule has 120 valence electrons. The molecule has 3 heteroatoms. The zero-order valence-electron chi connectivity index (χ0n) is 13.9. The molecule has 0 aliphatic carbocycles. The molecule has 3 nitrogen and oxygen atoms in total. The number of nitrogens with one attached hydrogen (secondary N) is 1. The molecule has 0 aliphatic rings. The van der Waals surface area contributed by atoms with Crippen LogP contribution in [0.25, 0.3) is 0 Å². The highest BCUT2D eigenvalue weighted by atomic mass is 15.1. The van der Waals surface area contributed by atoms with Crippen LogP contribution >= 0.6 is 0 Å². The van der Waals surface area contributed by atoms with E-state index in [9.17, 15) is 0 Å². The Bertz CT molecular complexity index is 344. The van der Waals surface area contributed by atoms with Gasteiger partial charge in [0.25, 0.3) is 0 Å². The highest BCUT2D eigenvalue weighted by molar-refractivity contribution is 5.44. The molecule has 0 saturated carbocycles. The van der Waals surface area contributed by atoms with Crippen molar-refractivity contribution in [3.05, 3.63) is 29.8 Å². The van der Waals surface area contributed by atoms with E-state index >= 15 is 0 Å². The predicted molar refractivity (Wildman–Crippen MR) is 93.9 cm³/mol. The van der Waals surface area contributed by atoms with Crippen molar-refractivity contribution in [2.75, 3.05) is 38.0 Å². The summed E-state index contributed by atoms with van der Waals surface area (Å²) in [5.41, 5.74) is 8.15. The Labute approximate surface area is 130 Å². The summed E-state index contributed by atoms with van der Waals surface area (Å²) in [4.78, 5) is 2.47. The monoisotopic (exact) mass is 291 g/mol. The largest absolute Gasteiger partial charge is 0.385 e. The molecule has 1 aromatic carbocycles. The minimum Gasteiger partial charge on any atom is -0.385 e. The van der Waals surface area contributed by atoms with Gasteiger partial charge in [-0.3, -0.25) is 0 Å². The summed E-state index contributed by atoms with van der Waals surface area (Å²) in [6.45, 7) is 9.77. The van der Waals surface area contributed by atoms with Crippen LogP contribution in [0.2, 0.25) is 0 Å². The highest BCUT2D eigenvalue weighted by Gasteiger charge is 2.00. The first-order chi connectivity index (χ1) is 10.3. The zero-order valence-corrected chi connectivity index (χ0v) is 13.9. The molecule has 3 N–H and O–H groups in total. The lowest BCUT2D eigenvalue weighted by Gasteiger charge is -2.17. The van der Waals surface area contributed by atoms with Gasteiger partial charge in [0.15, 0.2) is 0 Å². The lowest BCUT2D eigenvalue weighted by Crippen LogP contribution is -2.25. The van der Waals surface area contributed by atoms with Crippen molar-refractivity contribution in [2.45, 2.75) is 46.0 Å². The van der Waals surface area contributed by atoms with E-state index in [4.69, 9.17) is 5.73 Å². The molecule has 0 unspecified atom stereocenters. The van der Waals surface area contributed by atoms with Crippen molar-refractivity contribution < 1.29 is 0 Å². The lowest BCUT2D eigenvalue weighted by molar-refractivity contribution is 0.308. The standard InChI is InChI=1S/C18H33N3/c1-3-21(4-2)16-13-17-9-11-18(12-10-17)20-15-8-6-5-7-14-19/h9-12,20H,3-8,13-16,19H2,1-2H3. The fourth-order valence-electron chi connectivity index (χ4n) is 2.47. The molecule has 21 heavy (non-hydrogen) atoms. The van der Waals surface area contributed by atoms with Crippen molar-refractivity contribution in [1.82, 2.24) is 4.90 Å². The Hall–Kier alpha value is -1.06. The van der Waals surface area contributed by atoms with Crippen LogP contribution in [-0.4, -0.2) is 37.6 Å². The number of unbranched alkanes of at least 4 members (excludes halogenated alkanes) is 3. The smallest absolute Gasteiger partial charge is 0.0340 e. The second-order valence-corrected chi connectivity index (χ2v) is 5.60. The van der Waals surface area contributed by atoms with E-state index in [1.165, 1.54) is 30.5 Å². The van der Waals surface area contributed by atoms with E-state index in [0.29, 0.717) is 0 Å². The minimum atomic E-state index is 0.822. The van der Waals surface area contributed by atoms with Gasteiger partial charge in [-0.25, -0.2) is 0 Å². The number of benzene rings is 1. The van der Waals surface area contributed by atoms with Gasteiger partial charge in [0.05, 0.1) is 0 Å². The SMILES string of the molecule is CCN(CC)CCc1ccc(NCCCCCCN)cc1. The Morgan fingerprint density at radius 3 is 2.24 bits per heavy atom. The molecular weight excluding hydrogens is 258 g/mol. The zero-order chi connectivity index (χ0) is 15.3. The van der Waals surface area contributed by atoms with E-state index in [2.05, 4.69) is 48.3 Å². The molecule has 0 aliphatic heterocycles. The quantitative estimate of drug-likeness (QED) is 0.579. The maximum absolute atomic E-state index is 5.49. The van der Waals surface area contributed by atoms with E-state index in [0.717, 1.165) is 45.6 Å². The second kappa shape index (κ2) is 11.6. The van der Waals surface area contributed by atoms with Gasteiger partial charge in [-0.05, 0) is 56.6 Å². The summed E-state index contributed by atoms with van der Waals surface area (Å²) in [6, 6.07) is 8.91. The van der Waals surface area contributed by atoms with Crippen LogP contribution < -0.4 is 11.1 Å². The number of rotatable bonds is 12. The molecule has 0 saturated heterocycles.